The Morgan fingerprint density at radius 1 is 1.09 bits per heavy atom. The molecule has 0 aliphatic carbocycles. The third-order valence-corrected chi connectivity index (χ3v) is 7.01. The Bertz CT molecular complexity index is 1110. The van der Waals surface area contributed by atoms with E-state index in [2.05, 4.69) is 0 Å². The largest absolute Gasteiger partial charge is 0.446 e. The first kappa shape index (κ1) is 23.7. The summed E-state index contributed by atoms with van der Waals surface area (Å²) >= 11 is 0. The minimum Gasteiger partial charge on any atom is -0.446 e. The van der Waals surface area contributed by atoms with Gasteiger partial charge in [0.05, 0.1) is 34.2 Å². The molecule has 2 aromatic rings. The van der Waals surface area contributed by atoms with Crippen LogP contribution in [-0.2, 0) is 19.4 Å². The maximum atomic E-state index is 12.8. The van der Waals surface area contributed by atoms with E-state index in [-0.39, 0.29) is 35.2 Å². The number of hydrogen-bond acceptors (Lipinski definition) is 6. The molecule has 0 spiro atoms. The van der Waals surface area contributed by atoms with Crippen molar-refractivity contribution < 1.29 is 22.7 Å². The van der Waals surface area contributed by atoms with Crippen molar-refractivity contribution in [2.24, 2.45) is 5.73 Å². The number of fused-ring (bicyclic) bond motifs is 1. The summed E-state index contributed by atoms with van der Waals surface area (Å²) in [4.78, 5) is 28.5. The van der Waals surface area contributed by atoms with Gasteiger partial charge in [0.1, 0.15) is 0 Å². The Hall–Kier alpha value is -2.91. The zero-order chi connectivity index (χ0) is 23.6. The highest BCUT2D eigenvalue weighted by atomic mass is 32.2. The fourth-order valence-corrected chi connectivity index (χ4v) is 4.95. The van der Waals surface area contributed by atoms with E-state index in [1.165, 1.54) is 6.92 Å². The molecule has 2 aromatic carbocycles. The number of amides is 2. The van der Waals surface area contributed by atoms with Gasteiger partial charge < -0.3 is 15.4 Å². The van der Waals surface area contributed by atoms with E-state index in [0.717, 1.165) is 11.1 Å². The molecule has 0 saturated heterocycles. The van der Waals surface area contributed by atoms with Crippen LogP contribution in [0.25, 0.3) is 11.1 Å². The van der Waals surface area contributed by atoms with Gasteiger partial charge in [-0.05, 0) is 56.2 Å². The molecule has 1 atom stereocenters. The number of nitrogens with two attached hydrogens (primary N) is 1. The summed E-state index contributed by atoms with van der Waals surface area (Å²) in [6.45, 7) is 7.31. The van der Waals surface area contributed by atoms with E-state index in [1.807, 2.05) is 19.1 Å². The Morgan fingerprint density at radius 3 is 2.28 bits per heavy atom. The molecule has 9 heteroatoms. The quantitative estimate of drug-likeness (QED) is 0.735. The van der Waals surface area contributed by atoms with Crippen LogP contribution in [0, 0.1) is 0 Å². The second kappa shape index (κ2) is 9.30. The van der Waals surface area contributed by atoms with Crippen LogP contribution in [0.3, 0.4) is 0 Å². The van der Waals surface area contributed by atoms with Crippen LogP contribution >= 0.6 is 0 Å². The Morgan fingerprint density at radius 2 is 1.72 bits per heavy atom. The number of carbonyl (C=O) groups is 2. The summed E-state index contributed by atoms with van der Waals surface area (Å²) in [5.74, 6) is -0.227. The van der Waals surface area contributed by atoms with E-state index >= 15 is 0 Å². The number of ether oxygens (including phenoxy) is 1. The molecular formula is C23H29N3O5S. The van der Waals surface area contributed by atoms with E-state index in [4.69, 9.17) is 10.5 Å². The van der Waals surface area contributed by atoms with E-state index < -0.39 is 15.9 Å². The van der Waals surface area contributed by atoms with Gasteiger partial charge in [-0.1, -0.05) is 18.2 Å². The Balaban J connectivity index is 2.04. The predicted octanol–water partition coefficient (Wildman–Crippen LogP) is 3.19. The van der Waals surface area contributed by atoms with Crippen LogP contribution in [0.5, 0.6) is 0 Å². The summed E-state index contributed by atoms with van der Waals surface area (Å²) < 4.78 is 29.9. The number of anilines is 2. The van der Waals surface area contributed by atoms with Gasteiger partial charge in [-0.25, -0.2) is 13.2 Å². The lowest BCUT2D eigenvalue weighted by molar-refractivity contribution is -0.117. The molecule has 0 bridgehead atoms. The monoisotopic (exact) mass is 459 g/mol. The zero-order valence-corrected chi connectivity index (χ0v) is 19.6. The number of sulfone groups is 1. The van der Waals surface area contributed by atoms with Crippen molar-refractivity contribution in [3.8, 4) is 11.1 Å². The van der Waals surface area contributed by atoms with E-state index in [9.17, 15) is 18.0 Å². The molecule has 0 aromatic heterocycles. The molecule has 8 nitrogen and oxygen atoms in total. The summed E-state index contributed by atoms with van der Waals surface area (Å²) in [6.07, 6.45) is -0.755. The molecule has 2 N–H and O–H groups in total. The maximum Gasteiger partial charge on any atom is 0.414 e. The van der Waals surface area contributed by atoms with Gasteiger partial charge in [-0.15, -0.1) is 0 Å². The molecule has 1 unspecified atom stereocenters. The molecule has 32 heavy (non-hydrogen) atoms. The average molecular weight is 460 g/mol. The van der Waals surface area contributed by atoms with Crippen molar-refractivity contribution in [2.75, 3.05) is 28.6 Å². The first-order valence-corrected chi connectivity index (χ1v) is 12.2. The van der Waals surface area contributed by atoms with Crippen LogP contribution in [0.15, 0.2) is 47.4 Å². The molecule has 3 rings (SSSR count). The minimum atomic E-state index is -3.42. The van der Waals surface area contributed by atoms with Gasteiger partial charge in [-0.3, -0.25) is 9.69 Å². The van der Waals surface area contributed by atoms with Crippen LogP contribution in [0.1, 0.15) is 27.7 Å². The highest BCUT2D eigenvalue weighted by Gasteiger charge is 2.34. The topological polar surface area (TPSA) is 110 Å². The number of benzene rings is 2. The van der Waals surface area contributed by atoms with Crippen molar-refractivity contribution >= 4 is 33.2 Å². The van der Waals surface area contributed by atoms with Crippen LogP contribution in [0.4, 0.5) is 16.2 Å². The minimum absolute atomic E-state index is 0.0578. The van der Waals surface area contributed by atoms with Gasteiger partial charge in [0.15, 0.2) is 9.84 Å². The standard InChI is InChI=1S/C23H29N3O5S/c1-15(2)31-23(28)25-14-16(3)26(17(4)27)21-10-7-19(13-22(21)25)18-5-8-20(9-6-18)32(29,30)12-11-24/h5-10,13,15-16H,11-12,14,24H2,1-4H3. The molecule has 0 fully saturated rings. The van der Waals surface area contributed by atoms with Gasteiger partial charge in [0.2, 0.25) is 5.91 Å². The number of hydrogen-bond donors (Lipinski definition) is 1. The fraction of sp³-hybridized carbons (Fsp3) is 0.391. The highest BCUT2D eigenvalue weighted by Crippen LogP contribution is 2.39. The Labute approximate surface area is 188 Å². The lowest BCUT2D eigenvalue weighted by Crippen LogP contribution is -2.51. The summed E-state index contributed by atoms with van der Waals surface area (Å²) in [6, 6.07) is 11.8. The lowest BCUT2D eigenvalue weighted by Gasteiger charge is -2.40. The predicted molar refractivity (Wildman–Crippen MR) is 125 cm³/mol. The first-order valence-electron chi connectivity index (χ1n) is 10.5. The molecule has 2 amide bonds. The normalized spacial score (nSPS) is 16.1. The molecular weight excluding hydrogens is 430 g/mol. The third kappa shape index (κ3) is 4.78. The summed E-state index contributed by atoms with van der Waals surface area (Å²) in [7, 11) is -3.42. The fourth-order valence-electron chi connectivity index (χ4n) is 3.85. The second-order valence-electron chi connectivity index (χ2n) is 8.12. The maximum absolute atomic E-state index is 12.8. The molecule has 1 heterocycles. The molecule has 0 radical (unpaired) electrons. The molecule has 0 saturated carbocycles. The smallest absolute Gasteiger partial charge is 0.414 e. The number of rotatable bonds is 5. The zero-order valence-electron chi connectivity index (χ0n) is 18.7. The van der Waals surface area contributed by atoms with Crippen molar-refractivity contribution in [3.05, 3.63) is 42.5 Å². The van der Waals surface area contributed by atoms with Gasteiger partial charge >= 0.3 is 6.09 Å². The van der Waals surface area contributed by atoms with Gasteiger partial charge in [-0.2, -0.15) is 0 Å². The first-order chi connectivity index (χ1) is 15.0. The highest BCUT2D eigenvalue weighted by molar-refractivity contribution is 7.91. The second-order valence-corrected chi connectivity index (χ2v) is 10.2. The van der Waals surface area contributed by atoms with E-state index in [1.54, 1.807) is 54.0 Å². The van der Waals surface area contributed by atoms with Crippen LogP contribution in [-0.4, -0.2) is 51.4 Å². The van der Waals surface area contributed by atoms with Gasteiger partial charge in [0, 0.05) is 20.0 Å². The molecule has 172 valence electrons. The van der Waals surface area contributed by atoms with Crippen molar-refractivity contribution in [1.29, 1.82) is 0 Å². The number of nitrogens with zero attached hydrogens (tertiary/aromatic N) is 2. The van der Waals surface area contributed by atoms with Crippen molar-refractivity contribution in [2.45, 2.75) is 44.7 Å². The molecule has 1 aliphatic rings. The van der Waals surface area contributed by atoms with Gasteiger partial charge in [0.25, 0.3) is 0 Å². The SMILES string of the molecule is CC(=O)N1c2ccc(-c3ccc(S(=O)(=O)CCN)cc3)cc2N(C(=O)OC(C)C)CC1C. The third-order valence-electron chi connectivity index (χ3n) is 5.24. The van der Waals surface area contributed by atoms with E-state index in [0.29, 0.717) is 17.9 Å². The summed E-state index contributed by atoms with van der Waals surface area (Å²) in [5.41, 5.74) is 8.16. The lowest BCUT2D eigenvalue weighted by atomic mass is 10.0. The van der Waals surface area contributed by atoms with Crippen LogP contribution < -0.4 is 15.5 Å². The number of carbonyl (C=O) groups excluding carboxylic acids is 2. The Kier molecular flexibility index (Phi) is 6.90. The average Bonchev–Trinajstić information content (AvgIpc) is 2.72. The van der Waals surface area contributed by atoms with Crippen molar-refractivity contribution in [3.63, 3.8) is 0 Å². The molecule has 1 aliphatic heterocycles. The summed E-state index contributed by atoms with van der Waals surface area (Å²) in [5, 5.41) is 0. The van der Waals surface area contributed by atoms with Crippen LogP contribution in [0.2, 0.25) is 0 Å². The van der Waals surface area contributed by atoms with Crippen molar-refractivity contribution in [1.82, 2.24) is 0 Å².